The van der Waals surface area contributed by atoms with E-state index in [1.807, 2.05) is 46.8 Å². The van der Waals surface area contributed by atoms with Gasteiger partial charge >= 0.3 is 0 Å². The first-order valence-corrected chi connectivity index (χ1v) is 12.4. The summed E-state index contributed by atoms with van der Waals surface area (Å²) in [4.78, 5) is 22.0. The quantitative estimate of drug-likeness (QED) is 0.554. The molecule has 0 radical (unpaired) electrons. The van der Waals surface area contributed by atoms with Crippen LogP contribution in [0.1, 0.15) is 21.6 Å². The third-order valence-electron chi connectivity index (χ3n) is 7.18. The summed E-state index contributed by atoms with van der Waals surface area (Å²) in [6.45, 7) is 7.10. The van der Waals surface area contributed by atoms with Crippen LogP contribution >= 0.6 is 0 Å². The molecule has 2 aliphatic rings. The number of carbonyl (C=O) groups is 1. The number of rotatable bonds is 5. The van der Waals surface area contributed by atoms with Crippen LogP contribution in [0.15, 0.2) is 60.8 Å². The second-order valence-corrected chi connectivity index (χ2v) is 9.49. The standard InChI is InChI=1S/C28H31FN6O/c1-31-20-22(21-32-10-12-34(13-11-32)26-5-3-2-4-23(26)19-30)18-27(31)28(36)35-16-14-33(15-17-35)25-8-6-24(29)7-9-25/h2-9,18,20H,10-17,21H2,1H3. The van der Waals surface area contributed by atoms with Gasteiger partial charge in [0, 0.05) is 77.8 Å². The van der Waals surface area contributed by atoms with Crippen molar-refractivity contribution in [3.63, 3.8) is 0 Å². The highest BCUT2D eigenvalue weighted by molar-refractivity contribution is 5.93. The number of nitriles is 1. The van der Waals surface area contributed by atoms with Crippen molar-refractivity contribution in [1.82, 2.24) is 14.4 Å². The number of aromatic nitrogens is 1. The van der Waals surface area contributed by atoms with E-state index in [1.54, 1.807) is 12.1 Å². The zero-order chi connectivity index (χ0) is 25.1. The Hall–Kier alpha value is -3.83. The molecule has 2 aromatic carbocycles. The van der Waals surface area contributed by atoms with Gasteiger partial charge in [-0.3, -0.25) is 9.69 Å². The van der Waals surface area contributed by atoms with Gasteiger partial charge in [0.2, 0.25) is 0 Å². The van der Waals surface area contributed by atoms with Gasteiger partial charge in [0.25, 0.3) is 5.91 Å². The van der Waals surface area contributed by atoms with Crippen molar-refractivity contribution < 1.29 is 9.18 Å². The van der Waals surface area contributed by atoms with Crippen molar-refractivity contribution in [3.8, 4) is 6.07 Å². The van der Waals surface area contributed by atoms with E-state index in [2.05, 4.69) is 27.0 Å². The lowest BCUT2D eigenvalue weighted by Gasteiger charge is -2.36. The van der Waals surface area contributed by atoms with Crippen LogP contribution in [0.5, 0.6) is 0 Å². The molecule has 0 atom stereocenters. The fourth-order valence-electron chi connectivity index (χ4n) is 5.16. The summed E-state index contributed by atoms with van der Waals surface area (Å²) in [6.07, 6.45) is 2.05. The van der Waals surface area contributed by atoms with Crippen LogP contribution in [0.3, 0.4) is 0 Å². The first-order valence-electron chi connectivity index (χ1n) is 12.4. The molecular weight excluding hydrogens is 455 g/mol. The lowest BCUT2D eigenvalue weighted by Crippen LogP contribution is -2.49. The molecule has 5 rings (SSSR count). The lowest BCUT2D eigenvalue weighted by molar-refractivity contribution is 0.0737. The van der Waals surface area contributed by atoms with E-state index < -0.39 is 0 Å². The van der Waals surface area contributed by atoms with E-state index in [0.29, 0.717) is 18.8 Å². The van der Waals surface area contributed by atoms with Crippen LogP contribution in [-0.4, -0.2) is 72.6 Å². The summed E-state index contributed by atoms with van der Waals surface area (Å²) in [6, 6.07) is 18.6. The Bertz CT molecular complexity index is 1250. The van der Waals surface area contributed by atoms with E-state index in [4.69, 9.17) is 0 Å². The summed E-state index contributed by atoms with van der Waals surface area (Å²) in [7, 11) is 1.93. The summed E-state index contributed by atoms with van der Waals surface area (Å²) < 4.78 is 15.2. The third-order valence-corrected chi connectivity index (χ3v) is 7.18. The maximum atomic E-state index is 13.3. The fraction of sp³-hybridized carbons (Fsp3) is 0.357. The van der Waals surface area contributed by atoms with Crippen molar-refractivity contribution in [2.24, 2.45) is 7.05 Å². The van der Waals surface area contributed by atoms with Gasteiger partial charge in [-0.1, -0.05) is 12.1 Å². The Morgan fingerprint density at radius 2 is 1.58 bits per heavy atom. The topological polar surface area (TPSA) is 58.8 Å². The molecule has 0 unspecified atom stereocenters. The number of piperazine rings is 2. The summed E-state index contributed by atoms with van der Waals surface area (Å²) in [5.41, 5.74) is 4.56. The van der Waals surface area contributed by atoms with Crippen molar-refractivity contribution >= 4 is 17.3 Å². The van der Waals surface area contributed by atoms with Crippen LogP contribution in [0.2, 0.25) is 0 Å². The molecule has 2 fully saturated rings. The molecule has 3 heterocycles. The molecule has 186 valence electrons. The Balaban J connectivity index is 1.15. The Kier molecular flexibility index (Phi) is 6.92. The van der Waals surface area contributed by atoms with Crippen LogP contribution in [-0.2, 0) is 13.6 Å². The molecule has 1 amide bonds. The minimum atomic E-state index is -0.238. The van der Waals surface area contributed by atoms with Crippen molar-refractivity contribution in [3.05, 3.63) is 83.4 Å². The number of aryl methyl sites for hydroxylation is 1. The van der Waals surface area contributed by atoms with E-state index >= 15 is 0 Å². The number of carbonyl (C=O) groups excluding carboxylic acids is 1. The highest BCUT2D eigenvalue weighted by Gasteiger charge is 2.25. The summed E-state index contributed by atoms with van der Waals surface area (Å²) in [5.74, 6) is -0.182. The molecule has 1 aromatic heterocycles. The predicted molar refractivity (Wildman–Crippen MR) is 139 cm³/mol. The maximum Gasteiger partial charge on any atom is 0.270 e. The molecule has 2 aliphatic heterocycles. The highest BCUT2D eigenvalue weighted by atomic mass is 19.1. The lowest BCUT2D eigenvalue weighted by atomic mass is 10.1. The molecule has 0 saturated carbocycles. The number of benzene rings is 2. The number of amides is 1. The number of anilines is 2. The number of halogens is 1. The number of hydrogen-bond acceptors (Lipinski definition) is 5. The molecule has 8 heteroatoms. The van der Waals surface area contributed by atoms with E-state index in [1.165, 1.54) is 12.1 Å². The largest absolute Gasteiger partial charge is 0.368 e. The minimum Gasteiger partial charge on any atom is -0.368 e. The smallest absolute Gasteiger partial charge is 0.270 e. The van der Waals surface area contributed by atoms with Crippen LogP contribution in [0.4, 0.5) is 15.8 Å². The van der Waals surface area contributed by atoms with Gasteiger partial charge in [-0.25, -0.2) is 4.39 Å². The molecular formula is C28H31FN6O. The molecule has 0 N–H and O–H groups in total. The van der Waals surface area contributed by atoms with Crippen molar-refractivity contribution in [1.29, 1.82) is 5.26 Å². The third kappa shape index (κ3) is 5.07. The molecule has 0 bridgehead atoms. The van der Waals surface area contributed by atoms with Gasteiger partial charge < -0.3 is 19.3 Å². The zero-order valence-electron chi connectivity index (χ0n) is 20.6. The van der Waals surface area contributed by atoms with Crippen LogP contribution < -0.4 is 9.80 Å². The van der Waals surface area contributed by atoms with E-state index in [-0.39, 0.29) is 11.7 Å². The van der Waals surface area contributed by atoms with E-state index in [0.717, 1.165) is 68.3 Å². The minimum absolute atomic E-state index is 0.0560. The SMILES string of the molecule is Cn1cc(CN2CCN(c3ccccc3C#N)CC2)cc1C(=O)N1CCN(c2ccc(F)cc2)CC1. The second kappa shape index (κ2) is 10.4. The van der Waals surface area contributed by atoms with Crippen LogP contribution in [0.25, 0.3) is 0 Å². The Morgan fingerprint density at radius 1 is 0.917 bits per heavy atom. The number of hydrogen-bond donors (Lipinski definition) is 0. The number of nitrogens with zero attached hydrogens (tertiary/aromatic N) is 6. The van der Waals surface area contributed by atoms with Gasteiger partial charge in [0.1, 0.15) is 17.6 Å². The van der Waals surface area contributed by atoms with Crippen molar-refractivity contribution in [2.45, 2.75) is 6.54 Å². The normalized spacial score (nSPS) is 16.8. The average Bonchev–Trinajstić information content (AvgIpc) is 3.29. The average molecular weight is 487 g/mol. The predicted octanol–water partition coefficient (Wildman–Crippen LogP) is 3.32. The summed E-state index contributed by atoms with van der Waals surface area (Å²) >= 11 is 0. The Morgan fingerprint density at radius 3 is 2.28 bits per heavy atom. The molecule has 2 saturated heterocycles. The maximum absolute atomic E-state index is 13.3. The molecule has 7 nitrogen and oxygen atoms in total. The summed E-state index contributed by atoms with van der Waals surface area (Å²) in [5, 5.41) is 9.40. The fourth-order valence-corrected chi connectivity index (χ4v) is 5.16. The van der Waals surface area contributed by atoms with Gasteiger partial charge in [-0.15, -0.1) is 0 Å². The molecule has 36 heavy (non-hydrogen) atoms. The molecule has 0 spiro atoms. The monoisotopic (exact) mass is 486 g/mol. The first kappa shape index (κ1) is 23.9. The Labute approximate surface area is 211 Å². The van der Waals surface area contributed by atoms with Gasteiger partial charge in [-0.05, 0) is 48.0 Å². The highest BCUT2D eigenvalue weighted by Crippen LogP contribution is 2.23. The first-order chi connectivity index (χ1) is 17.5. The second-order valence-electron chi connectivity index (χ2n) is 9.49. The van der Waals surface area contributed by atoms with Gasteiger partial charge in [-0.2, -0.15) is 5.26 Å². The van der Waals surface area contributed by atoms with Crippen LogP contribution in [0, 0.1) is 17.1 Å². The van der Waals surface area contributed by atoms with Crippen molar-refractivity contribution in [2.75, 3.05) is 62.2 Å². The molecule has 3 aromatic rings. The van der Waals surface area contributed by atoms with E-state index in [9.17, 15) is 14.4 Å². The zero-order valence-corrected chi connectivity index (χ0v) is 20.6. The van der Waals surface area contributed by atoms with Gasteiger partial charge in [0.05, 0.1) is 11.3 Å². The molecule has 0 aliphatic carbocycles. The van der Waals surface area contributed by atoms with Gasteiger partial charge in [0.15, 0.2) is 0 Å². The number of para-hydroxylation sites is 1.